The predicted molar refractivity (Wildman–Crippen MR) is 106 cm³/mol. The topological polar surface area (TPSA) is 47.6 Å². The van der Waals surface area contributed by atoms with Crippen LogP contribution in [-0.4, -0.2) is 20.0 Å². The Morgan fingerprint density at radius 3 is 2.43 bits per heavy atom. The molecule has 4 nitrogen and oxygen atoms in total. The second-order valence-corrected chi connectivity index (χ2v) is 8.23. The summed E-state index contributed by atoms with van der Waals surface area (Å²) in [6, 6.07) is 10.1. The molecule has 0 aromatic heterocycles. The standard InChI is InChI=1S/C23H24FNO3/c1-23(2)11-17-21(18(26)12-23)20(13-5-7-14(24)8-6-13)22-16(25-17)9-15(27-3)10-19(22)28-4/h5-10,20,25H,11-12H2,1-4H3/t20-/m1/s1. The highest BCUT2D eigenvalue weighted by molar-refractivity contribution is 6.02. The predicted octanol–water partition coefficient (Wildman–Crippen LogP) is 5.04. The van der Waals surface area contributed by atoms with Gasteiger partial charge < -0.3 is 14.8 Å². The summed E-state index contributed by atoms with van der Waals surface area (Å²) in [6.07, 6.45) is 1.25. The maximum Gasteiger partial charge on any atom is 0.162 e. The number of ether oxygens (including phenoxy) is 2. The molecule has 1 aliphatic carbocycles. The van der Waals surface area contributed by atoms with Crippen molar-refractivity contribution in [3.8, 4) is 11.5 Å². The Labute approximate surface area is 164 Å². The molecule has 0 radical (unpaired) electrons. The third kappa shape index (κ3) is 3.05. The molecule has 0 bridgehead atoms. The number of hydrogen-bond acceptors (Lipinski definition) is 4. The van der Waals surface area contributed by atoms with Gasteiger partial charge in [0.05, 0.1) is 14.2 Å². The fourth-order valence-electron chi connectivity index (χ4n) is 4.37. The number of hydrogen-bond donors (Lipinski definition) is 1. The lowest BCUT2D eigenvalue weighted by Crippen LogP contribution is -2.34. The van der Waals surface area contributed by atoms with Crippen molar-refractivity contribution in [1.29, 1.82) is 0 Å². The second kappa shape index (κ2) is 6.66. The molecule has 0 spiro atoms. The molecule has 146 valence electrons. The molecule has 0 unspecified atom stereocenters. The summed E-state index contributed by atoms with van der Waals surface area (Å²) < 4.78 is 24.7. The van der Waals surface area contributed by atoms with E-state index in [0.29, 0.717) is 17.9 Å². The second-order valence-electron chi connectivity index (χ2n) is 8.23. The molecule has 2 aliphatic rings. The third-order valence-electron chi connectivity index (χ3n) is 5.56. The number of anilines is 1. The summed E-state index contributed by atoms with van der Waals surface area (Å²) in [4.78, 5) is 13.2. The molecule has 2 aromatic carbocycles. The highest BCUT2D eigenvalue weighted by Crippen LogP contribution is 2.52. The van der Waals surface area contributed by atoms with E-state index in [-0.39, 0.29) is 22.9 Å². The monoisotopic (exact) mass is 381 g/mol. The number of methoxy groups -OCH3 is 2. The molecule has 28 heavy (non-hydrogen) atoms. The average molecular weight is 381 g/mol. The zero-order valence-corrected chi connectivity index (χ0v) is 16.6. The van der Waals surface area contributed by atoms with Gasteiger partial charge in [-0.3, -0.25) is 4.79 Å². The summed E-state index contributed by atoms with van der Waals surface area (Å²) in [7, 11) is 3.21. The van der Waals surface area contributed by atoms with E-state index in [1.807, 2.05) is 12.1 Å². The molecule has 1 N–H and O–H groups in total. The Hall–Kier alpha value is -2.82. The van der Waals surface area contributed by atoms with Gasteiger partial charge in [0.25, 0.3) is 0 Å². The molecule has 0 saturated carbocycles. The van der Waals surface area contributed by atoms with Crippen molar-refractivity contribution in [3.63, 3.8) is 0 Å². The molecule has 0 saturated heterocycles. The lowest BCUT2D eigenvalue weighted by molar-refractivity contribution is -0.118. The smallest absolute Gasteiger partial charge is 0.162 e. The van der Waals surface area contributed by atoms with Crippen LogP contribution in [0.15, 0.2) is 47.7 Å². The number of halogens is 1. The van der Waals surface area contributed by atoms with Gasteiger partial charge in [-0.25, -0.2) is 4.39 Å². The van der Waals surface area contributed by atoms with Crippen molar-refractivity contribution in [2.45, 2.75) is 32.6 Å². The van der Waals surface area contributed by atoms with E-state index in [0.717, 1.165) is 34.5 Å². The minimum atomic E-state index is -0.309. The number of fused-ring (bicyclic) bond motifs is 1. The van der Waals surface area contributed by atoms with Gasteiger partial charge in [-0.2, -0.15) is 0 Å². The quantitative estimate of drug-likeness (QED) is 0.809. The van der Waals surface area contributed by atoms with Crippen LogP contribution in [0, 0.1) is 11.2 Å². The van der Waals surface area contributed by atoms with E-state index in [2.05, 4.69) is 19.2 Å². The molecular formula is C23H24FNO3. The summed E-state index contributed by atoms with van der Waals surface area (Å²) in [5.74, 6) is 0.824. The highest BCUT2D eigenvalue weighted by Gasteiger charge is 2.42. The number of Topliss-reactive ketones (excluding diaryl/α,β-unsaturated/α-hetero) is 1. The van der Waals surface area contributed by atoms with Crippen molar-refractivity contribution in [2.75, 3.05) is 19.5 Å². The van der Waals surface area contributed by atoms with Gasteiger partial charge in [-0.15, -0.1) is 0 Å². The van der Waals surface area contributed by atoms with Crippen LogP contribution in [0.25, 0.3) is 0 Å². The number of carbonyl (C=O) groups is 1. The molecular weight excluding hydrogens is 357 g/mol. The van der Waals surface area contributed by atoms with Crippen molar-refractivity contribution in [1.82, 2.24) is 0 Å². The average Bonchev–Trinajstić information content (AvgIpc) is 2.65. The zero-order chi connectivity index (χ0) is 20.1. The van der Waals surface area contributed by atoms with Gasteiger partial charge in [0, 0.05) is 47.0 Å². The lowest BCUT2D eigenvalue weighted by Gasteiger charge is -2.40. The van der Waals surface area contributed by atoms with Crippen LogP contribution in [0.1, 0.15) is 43.7 Å². The fraction of sp³-hybridized carbons (Fsp3) is 0.348. The van der Waals surface area contributed by atoms with Crippen LogP contribution < -0.4 is 14.8 Å². The van der Waals surface area contributed by atoms with E-state index in [9.17, 15) is 9.18 Å². The Morgan fingerprint density at radius 2 is 1.79 bits per heavy atom. The van der Waals surface area contributed by atoms with Crippen LogP contribution in [0.3, 0.4) is 0 Å². The first kappa shape index (κ1) is 18.5. The number of allylic oxidation sites excluding steroid dienone is 2. The Kier molecular flexibility index (Phi) is 4.41. The number of rotatable bonds is 3. The summed E-state index contributed by atoms with van der Waals surface area (Å²) in [5.41, 5.74) is 4.17. The first-order valence-electron chi connectivity index (χ1n) is 9.37. The zero-order valence-electron chi connectivity index (χ0n) is 16.6. The molecule has 5 heteroatoms. The number of nitrogens with one attached hydrogen (secondary N) is 1. The minimum absolute atomic E-state index is 0.114. The Balaban J connectivity index is 1.98. The lowest BCUT2D eigenvalue weighted by atomic mass is 9.68. The highest BCUT2D eigenvalue weighted by atomic mass is 19.1. The van der Waals surface area contributed by atoms with Gasteiger partial charge in [0.1, 0.15) is 17.3 Å². The van der Waals surface area contributed by atoms with E-state index in [1.54, 1.807) is 26.4 Å². The van der Waals surface area contributed by atoms with Gasteiger partial charge in [-0.1, -0.05) is 26.0 Å². The minimum Gasteiger partial charge on any atom is -0.497 e. The Bertz CT molecular complexity index is 976. The SMILES string of the molecule is COc1cc2c(c(OC)c1)[C@H](c1ccc(F)cc1)C1=C(CC(C)(C)CC1=O)N2. The third-order valence-corrected chi connectivity index (χ3v) is 5.56. The summed E-state index contributed by atoms with van der Waals surface area (Å²) in [6.45, 7) is 4.20. The molecule has 2 aromatic rings. The number of benzene rings is 2. The van der Waals surface area contributed by atoms with Crippen molar-refractivity contribution in [2.24, 2.45) is 5.41 Å². The van der Waals surface area contributed by atoms with Crippen LogP contribution in [-0.2, 0) is 4.79 Å². The van der Waals surface area contributed by atoms with Crippen LogP contribution in [0.4, 0.5) is 10.1 Å². The molecule has 1 atom stereocenters. The van der Waals surface area contributed by atoms with Crippen molar-refractivity contribution >= 4 is 11.5 Å². The van der Waals surface area contributed by atoms with Gasteiger partial charge in [0.15, 0.2) is 5.78 Å². The van der Waals surface area contributed by atoms with Gasteiger partial charge in [-0.05, 0) is 29.5 Å². The largest absolute Gasteiger partial charge is 0.497 e. The number of ketones is 1. The Morgan fingerprint density at radius 1 is 1.07 bits per heavy atom. The first-order chi connectivity index (χ1) is 13.3. The molecule has 1 aliphatic heterocycles. The molecule has 1 heterocycles. The molecule has 0 amide bonds. The number of carbonyl (C=O) groups excluding carboxylic acids is 1. The van der Waals surface area contributed by atoms with Gasteiger partial charge >= 0.3 is 0 Å². The maximum atomic E-state index is 13.6. The first-order valence-corrected chi connectivity index (χ1v) is 9.37. The fourth-order valence-corrected chi connectivity index (χ4v) is 4.37. The summed E-state index contributed by atoms with van der Waals surface area (Å²) >= 11 is 0. The van der Waals surface area contributed by atoms with E-state index in [1.165, 1.54) is 12.1 Å². The normalized spacial score (nSPS) is 20.2. The van der Waals surface area contributed by atoms with Crippen LogP contribution in [0.2, 0.25) is 0 Å². The van der Waals surface area contributed by atoms with Crippen LogP contribution >= 0.6 is 0 Å². The molecule has 0 fully saturated rings. The maximum absolute atomic E-state index is 13.6. The van der Waals surface area contributed by atoms with Crippen LogP contribution in [0.5, 0.6) is 11.5 Å². The summed E-state index contributed by atoms with van der Waals surface area (Å²) in [5, 5.41) is 3.47. The van der Waals surface area contributed by atoms with Gasteiger partial charge in [0.2, 0.25) is 0 Å². The van der Waals surface area contributed by atoms with Crippen molar-refractivity contribution < 1.29 is 18.7 Å². The van der Waals surface area contributed by atoms with E-state index in [4.69, 9.17) is 9.47 Å². The van der Waals surface area contributed by atoms with E-state index >= 15 is 0 Å². The van der Waals surface area contributed by atoms with E-state index < -0.39 is 0 Å². The van der Waals surface area contributed by atoms with Crippen molar-refractivity contribution in [3.05, 3.63) is 64.6 Å². The molecule has 4 rings (SSSR count).